The van der Waals surface area contributed by atoms with Crippen LogP contribution >= 0.6 is 0 Å². The summed E-state index contributed by atoms with van der Waals surface area (Å²) in [6.45, 7) is 0.267. The molecule has 4 heterocycles. The molecule has 5 rings (SSSR count). The number of rotatable bonds is 7. The Kier molecular flexibility index (Phi) is 5.18. The summed E-state index contributed by atoms with van der Waals surface area (Å²) in [4.78, 5) is 35.3. The fraction of sp³-hybridized carbons (Fsp3) is 0.160. The normalized spacial score (nSPS) is 16.1. The number of methoxy groups -OCH3 is 1. The van der Waals surface area contributed by atoms with E-state index >= 15 is 0 Å². The Hall–Kier alpha value is -4.33. The Bertz CT molecular complexity index is 1360. The van der Waals surface area contributed by atoms with E-state index in [4.69, 9.17) is 9.15 Å². The average molecular weight is 443 g/mol. The van der Waals surface area contributed by atoms with Gasteiger partial charge in [-0.15, -0.1) is 0 Å². The number of ether oxygens (including phenoxy) is 1. The quantitative estimate of drug-likeness (QED) is 0.418. The second-order valence-corrected chi connectivity index (χ2v) is 7.70. The molecule has 1 amide bonds. The number of H-pyrrole nitrogens is 1. The Labute approximate surface area is 189 Å². The van der Waals surface area contributed by atoms with Gasteiger partial charge in [0, 0.05) is 29.8 Å². The van der Waals surface area contributed by atoms with Crippen LogP contribution in [0.5, 0.6) is 5.75 Å². The van der Waals surface area contributed by atoms with Gasteiger partial charge in [0.2, 0.25) is 5.78 Å². The number of nitrogens with one attached hydrogen (secondary N) is 1. The number of furan rings is 1. The van der Waals surface area contributed by atoms with Crippen LogP contribution in [0.3, 0.4) is 0 Å². The average Bonchev–Trinajstić information content (AvgIpc) is 3.57. The summed E-state index contributed by atoms with van der Waals surface area (Å²) < 4.78 is 10.6. The minimum atomic E-state index is -0.823. The monoisotopic (exact) mass is 443 g/mol. The summed E-state index contributed by atoms with van der Waals surface area (Å²) in [6.07, 6.45) is 5.36. The van der Waals surface area contributed by atoms with Crippen LogP contribution in [0.1, 0.15) is 27.9 Å². The lowest BCUT2D eigenvalue weighted by Gasteiger charge is -2.25. The lowest BCUT2D eigenvalue weighted by molar-refractivity contribution is -0.129. The zero-order valence-electron chi connectivity index (χ0n) is 17.8. The van der Waals surface area contributed by atoms with Gasteiger partial charge in [0.1, 0.15) is 11.8 Å². The summed E-state index contributed by atoms with van der Waals surface area (Å²) in [7, 11) is 1.61. The van der Waals surface area contributed by atoms with Crippen LogP contribution < -0.4 is 4.74 Å². The number of aliphatic hydroxyl groups excluding tert-OH is 1. The first-order chi connectivity index (χ1) is 16.1. The van der Waals surface area contributed by atoms with E-state index in [0.29, 0.717) is 12.1 Å². The highest BCUT2D eigenvalue weighted by Gasteiger charge is 2.44. The number of aliphatic hydroxyl groups is 1. The van der Waals surface area contributed by atoms with Crippen molar-refractivity contribution in [3.63, 3.8) is 0 Å². The van der Waals surface area contributed by atoms with E-state index in [1.807, 2.05) is 24.4 Å². The molecule has 33 heavy (non-hydrogen) atoms. The van der Waals surface area contributed by atoms with E-state index in [0.717, 1.165) is 22.2 Å². The summed E-state index contributed by atoms with van der Waals surface area (Å²) in [5, 5.41) is 11.7. The lowest BCUT2D eigenvalue weighted by Crippen LogP contribution is -2.33. The second kappa shape index (κ2) is 8.31. The number of carbonyl (C=O) groups excluding carboxylic acids is 2. The maximum Gasteiger partial charge on any atom is 0.290 e. The third-order valence-corrected chi connectivity index (χ3v) is 5.86. The minimum Gasteiger partial charge on any atom is -0.503 e. The van der Waals surface area contributed by atoms with Crippen LogP contribution in [0, 0.1) is 0 Å². The molecule has 8 nitrogen and oxygen atoms in total. The van der Waals surface area contributed by atoms with Crippen molar-refractivity contribution >= 4 is 22.6 Å². The molecule has 166 valence electrons. The number of ketones is 1. The highest BCUT2D eigenvalue weighted by atomic mass is 16.5. The van der Waals surface area contributed by atoms with Crippen LogP contribution in [-0.4, -0.2) is 45.3 Å². The molecule has 1 aliphatic rings. The Morgan fingerprint density at radius 2 is 2.12 bits per heavy atom. The van der Waals surface area contributed by atoms with Crippen molar-refractivity contribution < 1.29 is 23.8 Å². The molecule has 1 aliphatic heterocycles. The van der Waals surface area contributed by atoms with Gasteiger partial charge in [-0.2, -0.15) is 0 Å². The molecular weight excluding hydrogens is 422 g/mol. The molecule has 0 aliphatic carbocycles. The van der Waals surface area contributed by atoms with Crippen LogP contribution in [0.4, 0.5) is 0 Å². The standard InChI is InChI=1S/C25H21N3O5/c1-32-16-7-8-18-17(13-16)15(14-27-18)9-11-28-22(19-5-2-3-10-26-19)21(24(30)25(28)31)23(29)20-6-4-12-33-20/h2-8,10,12-14,22,27,30H,9,11H2,1H3. The number of carbonyl (C=O) groups is 2. The van der Waals surface area contributed by atoms with Gasteiger partial charge < -0.3 is 24.1 Å². The SMILES string of the molecule is COc1ccc2[nH]cc(CCN3C(=O)C(O)=C(C(=O)c4ccco4)C3c3ccccn3)c2c1. The number of nitrogens with zero attached hydrogens (tertiary/aromatic N) is 2. The fourth-order valence-electron chi connectivity index (χ4n) is 4.23. The Morgan fingerprint density at radius 1 is 1.24 bits per heavy atom. The van der Waals surface area contributed by atoms with Gasteiger partial charge in [0.25, 0.3) is 5.91 Å². The van der Waals surface area contributed by atoms with Crippen molar-refractivity contribution in [3.8, 4) is 5.75 Å². The molecule has 3 aromatic heterocycles. The van der Waals surface area contributed by atoms with Gasteiger partial charge in [0.15, 0.2) is 11.5 Å². The van der Waals surface area contributed by atoms with Crippen LogP contribution in [0.15, 0.2) is 82.9 Å². The van der Waals surface area contributed by atoms with Crippen molar-refractivity contribution in [1.29, 1.82) is 0 Å². The molecule has 0 fully saturated rings. The van der Waals surface area contributed by atoms with E-state index in [2.05, 4.69) is 9.97 Å². The van der Waals surface area contributed by atoms with Gasteiger partial charge in [-0.3, -0.25) is 14.6 Å². The van der Waals surface area contributed by atoms with E-state index < -0.39 is 23.5 Å². The number of aromatic amines is 1. The summed E-state index contributed by atoms with van der Waals surface area (Å²) in [5.41, 5.74) is 2.40. The maximum absolute atomic E-state index is 13.1. The van der Waals surface area contributed by atoms with Crippen molar-refractivity contribution in [2.24, 2.45) is 0 Å². The molecule has 1 unspecified atom stereocenters. The van der Waals surface area contributed by atoms with Crippen molar-refractivity contribution in [3.05, 3.63) is 95.5 Å². The summed E-state index contributed by atoms with van der Waals surface area (Å²) in [6, 6.07) is 13.3. The lowest BCUT2D eigenvalue weighted by atomic mass is 9.98. The molecule has 0 radical (unpaired) electrons. The molecule has 0 saturated heterocycles. The molecule has 0 spiro atoms. The topological polar surface area (TPSA) is 109 Å². The van der Waals surface area contributed by atoms with E-state index in [9.17, 15) is 14.7 Å². The molecule has 1 aromatic carbocycles. The van der Waals surface area contributed by atoms with Crippen molar-refractivity contribution in [2.45, 2.75) is 12.5 Å². The Balaban J connectivity index is 1.49. The van der Waals surface area contributed by atoms with Crippen molar-refractivity contribution in [1.82, 2.24) is 14.9 Å². The third kappa shape index (κ3) is 3.55. The number of fused-ring (bicyclic) bond motifs is 1. The van der Waals surface area contributed by atoms with Gasteiger partial charge in [-0.05, 0) is 54.4 Å². The Morgan fingerprint density at radius 3 is 2.85 bits per heavy atom. The van der Waals surface area contributed by atoms with E-state index in [1.54, 1.807) is 37.6 Å². The summed E-state index contributed by atoms with van der Waals surface area (Å²) >= 11 is 0. The number of pyridine rings is 1. The molecule has 1 atom stereocenters. The zero-order chi connectivity index (χ0) is 22.9. The highest BCUT2D eigenvalue weighted by molar-refractivity contribution is 6.14. The third-order valence-electron chi connectivity index (χ3n) is 5.86. The molecule has 0 saturated carbocycles. The first kappa shape index (κ1) is 20.6. The first-order valence-corrected chi connectivity index (χ1v) is 10.5. The maximum atomic E-state index is 13.1. The predicted molar refractivity (Wildman–Crippen MR) is 120 cm³/mol. The van der Waals surface area contributed by atoms with E-state index in [1.165, 1.54) is 17.2 Å². The van der Waals surface area contributed by atoms with Crippen LogP contribution in [0.25, 0.3) is 10.9 Å². The first-order valence-electron chi connectivity index (χ1n) is 10.5. The number of hydrogen-bond acceptors (Lipinski definition) is 6. The largest absolute Gasteiger partial charge is 0.503 e. The van der Waals surface area contributed by atoms with Gasteiger partial charge >= 0.3 is 0 Å². The number of benzene rings is 1. The molecule has 8 heteroatoms. The van der Waals surface area contributed by atoms with Crippen LogP contribution in [0.2, 0.25) is 0 Å². The van der Waals surface area contributed by atoms with Gasteiger partial charge in [-0.25, -0.2) is 0 Å². The second-order valence-electron chi connectivity index (χ2n) is 7.70. The minimum absolute atomic E-state index is 0.0331. The number of aromatic nitrogens is 2. The van der Waals surface area contributed by atoms with E-state index in [-0.39, 0.29) is 17.9 Å². The number of hydrogen-bond donors (Lipinski definition) is 2. The van der Waals surface area contributed by atoms with Crippen molar-refractivity contribution in [2.75, 3.05) is 13.7 Å². The number of amides is 1. The van der Waals surface area contributed by atoms with Gasteiger partial charge in [0.05, 0.1) is 24.6 Å². The van der Waals surface area contributed by atoms with Gasteiger partial charge in [-0.1, -0.05) is 6.07 Å². The van der Waals surface area contributed by atoms with Crippen LogP contribution in [-0.2, 0) is 11.2 Å². The molecule has 2 N–H and O–H groups in total. The zero-order valence-corrected chi connectivity index (χ0v) is 17.8. The molecule has 0 bridgehead atoms. The summed E-state index contributed by atoms with van der Waals surface area (Å²) in [5.74, 6) is -0.945. The predicted octanol–water partition coefficient (Wildman–Crippen LogP) is 3.99. The fourth-order valence-corrected chi connectivity index (χ4v) is 4.23. The smallest absolute Gasteiger partial charge is 0.290 e. The molecule has 4 aromatic rings. The molecular formula is C25H21N3O5. The highest BCUT2D eigenvalue weighted by Crippen LogP contribution is 2.38. The number of Topliss-reactive ketones (excluding diaryl/α,β-unsaturated/α-hetero) is 1.